The second-order valence-corrected chi connectivity index (χ2v) is 7.35. The SMILES string of the molecule is COc1ccccc1CN(C(=O)CC(C)C1CCCNC1)C1CC1.Cl. The second-order valence-electron chi connectivity index (χ2n) is 7.35. The molecule has 2 aliphatic rings. The lowest BCUT2D eigenvalue weighted by Crippen LogP contribution is -2.38. The Morgan fingerprint density at radius 1 is 1.32 bits per heavy atom. The molecule has 140 valence electrons. The Morgan fingerprint density at radius 3 is 2.72 bits per heavy atom. The zero-order chi connectivity index (χ0) is 16.9. The van der Waals surface area contributed by atoms with Crippen molar-refractivity contribution in [1.29, 1.82) is 0 Å². The first-order valence-electron chi connectivity index (χ1n) is 9.31. The van der Waals surface area contributed by atoms with E-state index in [1.807, 2.05) is 18.2 Å². The van der Waals surface area contributed by atoms with Crippen LogP contribution in [0.2, 0.25) is 0 Å². The number of amides is 1. The van der Waals surface area contributed by atoms with Gasteiger partial charge in [-0.25, -0.2) is 0 Å². The highest BCUT2D eigenvalue weighted by molar-refractivity contribution is 5.85. The minimum atomic E-state index is 0. The van der Waals surface area contributed by atoms with Crippen molar-refractivity contribution in [2.75, 3.05) is 20.2 Å². The molecule has 2 unspecified atom stereocenters. The van der Waals surface area contributed by atoms with Gasteiger partial charge in [0.05, 0.1) is 7.11 Å². The molecule has 1 N–H and O–H groups in total. The smallest absolute Gasteiger partial charge is 0.223 e. The molecule has 1 aromatic rings. The summed E-state index contributed by atoms with van der Waals surface area (Å²) >= 11 is 0. The summed E-state index contributed by atoms with van der Waals surface area (Å²) in [7, 11) is 1.69. The summed E-state index contributed by atoms with van der Waals surface area (Å²) in [5.74, 6) is 2.26. The van der Waals surface area contributed by atoms with E-state index < -0.39 is 0 Å². The summed E-state index contributed by atoms with van der Waals surface area (Å²) < 4.78 is 5.46. The number of para-hydroxylation sites is 1. The van der Waals surface area contributed by atoms with Gasteiger partial charge < -0.3 is 15.0 Å². The topological polar surface area (TPSA) is 41.6 Å². The maximum Gasteiger partial charge on any atom is 0.223 e. The minimum Gasteiger partial charge on any atom is -0.496 e. The lowest BCUT2D eigenvalue weighted by molar-refractivity contribution is -0.133. The van der Waals surface area contributed by atoms with Crippen LogP contribution in [0.15, 0.2) is 24.3 Å². The zero-order valence-corrected chi connectivity index (χ0v) is 16.2. The van der Waals surface area contributed by atoms with Gasteiger partial charge in [0.25, 0.3) is 0 Å². The van der Waals surface area contributed by atoms with E-state index in [1.54, 1.807) is 7.11 Å². The molecule has 2 atom stereocenters. The molecule has 0 radical (unpaired) electrons. The van der Waals surface area contributed by atoms with Gasteiger partial charge in [-0.1, -0.05) is 25.1 Å². The molecule has 1 aliphatic heterocycles. The summed E-state index contributed by atoms with van der Waals surface area (Å²) in [4.78, 5) is 15.0. The normalized spacial score (nSPS) is 21.1. The highest BCUT2D eigenvalue weighted by Gasteiger charge is 2.34. The lowest BCUT2D eigenvalue weighted by Gasteiger charge is -2.30. The fraction of sp³-hybridized carbons (Fsp3) is 0.650. The van der Waals surface area contributed by atoms with Gasteiger partial charge in [-0.2, -0.15) is 0 Å². The van der Waals surface area contributed by atoms with Gasteiger partial charge in [0.1, 0.15) is 5.75 Å². The third kappa shape index (κ3) is 5.35. The number of carbonyl (C=O) groups excluding carboxylic acids is 1. The summed E-state index contributed by atoms with van der Waals surface area (Å²) in [5, 5.41) is 3.47. The fourth-order valence-corrected chi connectivity index (χ4v) is 3.75. The Hall–Kier alpha value is -1.26. The quantitative estimate of drug-likeness (QED) is 0.801. The second kappa shape index (κ2) is 9.44. The molecule has 1 saturated carbocycles. The summed E-state index contributed by atoms with van der Waals surface area (Å²) in [5.41, 5.74) is 1.10. The van der Waals surface area contributed by atoms with Crippen molar-refractivity contribution in [3.8, 4) is 5.75 Å². The molecule has 1 heterocycles. The Bertz CT molecular complexity index is 556. The molecule has 1 aromatic carbocycles. The first-order valence-corrected chi connectivity index (χ1v) is 9.31. The van der Waals surface area contributed by atoms with Crippen LogP contribution in [-0.2, 0) is 11.3 Å². The molecule has 3 rings (SSSR count). The molecule has 0 bridgehead atoms. The molecule has 1 amide bonds. The first kappa shape index (κ1) is 20.1. The number of carbonyl (C=O) groups is 1. The van der Waals surface area contributed by atoms with Crippen LogP contribution in [-0.4, -0.2) is 37.0 Å². The maximum atomic E-state index is 12.9. The number of hydrogen-bond donors (Lipinski definition) is 1. The monoisotopic (exact) mass is 366 g/mol. The molecule has 0 aromatic heterocycles. The Kier molecular flexibility index (Phi) is 7.57. The van der Waals surface area contributed by atoms with Crippen LogP contribution >= 0.6 is 12.4 Å². The summed E-state index contributed by atoms with van der Waals surface area (Å²) in [6, 6.07) is 8.46. The summed E-state index contributed by atoms with van der Waals surface area (Å²) in [6.07, 6.45) is 5.42. The van der Waals surface area contributed by atoms with Gasteiger partial charge in [-0.05, 0) is 56.7 Å². The van der Waals surface area contributed by atoms with Crippen LogP contribution in [0.5, 0.6) is 5.75 Å². The van der Waals surface area contributed by atoms with Crippen molar-refractivity contribution in [3.63, 3.8) is 0 Å². The van der Waals surface area contributed by atoms with Gasteiger partial charge >= 0.3 is 0 Å². The van der Waals surface area contributed by atoms with Crippen molar-refractivity contribution < 1.29 is 9.53 Å². The standard InChI is InChI=1S/C20H30N2O2.ClH/c1-15(16-7-5-11-21-13-16)12-20(23)22(18-9-10-18)14-17-6-3-4-8-19(17)24-2;/h3-4,6,8,15-16,18,21H,5,7,9-14H2,1-2H3;1H. The van der Waals surface area contributed by atoms with Crippen molar-refractivity contribution in [1.82, 2.24) is 10.2 Å². The van der Waals surface area contributed by atoms with Crippen molar-refractivity contribution >= 4 is 18.3 Å². The molecule has 1 aliphatic carbocycles. The number of benzene rings is 1. The van der Waals surface area contributed by atoms with Crippen LogP contribution in [0.4, 0.5) is 0 Å². The molecule has 1 saturated heterocycles. The fourth-order valence-electron chi connectivity index (χ4n) is 3.75. The molecular formula is C20H31ClN2O2. The van der Waals surface area contributed by atoms with Gasteiger partial charge in [0.2, 0.25) is 5.91 Å². The number of hydrogen-bond acceptors (Lipinski definition) is 3. The lowest BCUT2D eigenvalue weighted by atomic mass is 9.85. The predicted molar refractivity (Wildman–Crippen MR) is 103 cm³/mol. The Balaban J connectivity index is 0.00000225. The highest BCUT2D eigenvalue weighted by Crippen LogP contribution is 2.32. The van der Waals surface area contributed by atoms with E-state index in [0.29, 0.717) is 36.8 Å². The Labute approximate surface area is 157 Å². The van der Waals surface area contributed by atoms with E-state index in [1.165, 1.54) is 12.8 Å². The highest BCUT2D eigenvalue weighted by atomic mass is 35.5. The Morgan fingerprint density at radius 2 is 2.08 bits per heavy atom. The molecule has 4 nitrogen and oxygen atoms in total. The van der Waals surface area contributed by atoms with Gasteiger partial charge in [0, 0.05) is 24.6 Å². The van der Waals surface area contributed by atoms with Crippen LogP contribution in [0.25, 0.3) is 0 Å². The first-order chi connectivity index (χ1) is 11.7. The van der Waals surface area contributed by atoms with Crippen molar-refractivity contribution in [2.45, 2.75) is 51.6 Å². The van der Waals surface area contributed by atoms with Crippen LogP contribution in [0.1, 0.15) is 44.6 Å². The summed E-state index contributed by atoms with van der Waals surface area (Å²) in [6.45, 7) is 5.09. The molecule has 2 fully saturated rings. The van der Waals surface area contributed by atoms with Gasteiger partial charge in [0.15, 0.2) is 0 Å². The number of rotatable bonds is 7. The average molecular weight is 367 g/mol. The van der Waals surface area contributed by atoms with E-state index in [9.17, 15) is 4.79 Å². The van der Waals surface area contributed by atoms with E-state index >= 15 is 0 Å². The maximum absolute atomic E-state index is 12.9. The molecule has 25 heavy (non-hydrogen) atoms. The minimum absolute atomic E-state index is 0. The molecule has 5 heteroatoms. The van der Waals surface area contributed by atoms with E-state index in [4.69, 9.17) is 4.74 Å². The van der Waals surface area contributed by atoms with E-state index in [0.717, 1.165) is 37.2 Å². The molecule has 0 spiro atoms. The van der Waals surface area contributed by atoms with Gasteiger partial charge in [-0.15, -0.1) is 12.4 Å². The van der Waals surface area contributed by atoms with Crippen LogP contribution < -0.4 is 10.1 Å². The number of ether oxygens (including phenoxy) is 1. The number of nitrogens with zero attached hydrogens (tertiary/aromatic N) is 1. The number of halogens is 1. The third-order valence-electron chi connectivity index (χ3n) is 5.48. The van der Waals surface area contributed by atoms with Crippen molar-refractivity contribution in [3.05, 3.63) is 29.8 Å². The van der Waals surface area contributed by atoms with E-state index in [2.05, 4.69) is 23.2 Å². The average Bonchev–Trinajstić information content (AvgIpc) is 3.45. The van der Waals surface area contributed by atoms with Crippen LogP contribution in [0.3, 0.4) is 0 Å². The zero-order valence-electron chi connectivity index (χ0n) is 15.4. The predicted octanol–water partition coefficient (Wildman–Crippen LogP) is 3.63. The number of methoxy groups -OCH3 is 1. The van der Waals surface area contributed by atoms with Gasteiger partial charge in [-0.3, -0.25) is 4.79 Å². The van der Waals surface area contributed by atoms with E-state index in [-0.39, 0.29) is 12.4 Å². The molecular weight excluding hydrogens is 336 g/mol. The largest absolute Gasteiger partial charge is 0.496 e. The third-order valence-corrected chi connectivity index (χ3v) is 5.48. The number of piperidine rings is 1. The van der Waals surface area contributed by atoms with Crippen LogP contribution in [0, 0.1) is 11.8 Å². The van der Waals surface area contributed by atoms with Crippen molar-refractivity contribution in [2.24, 2.45) is 11.8 Å². The number of nitrogens with one attached hydrogen (secondary N) is 1.